The van der Waals surface area contributed by atoms with Crippen LogP contribution in [0.15, 0.2) is 48.5 Å². The molecule has 0 amide bonds. The van der Waals surface area contributed by atoms with Crippen molar-refractivity contribution in [2.45, 2.75) is 26.6 Å². The summed E-state index contributed by atoms with van der Waals surface area (Å²) in [5.74, 6) is 0. The van der Waals surface area contributed by atoms with Crippen molar-refractivity contribution in [3.8, 4) is 0 Å². The topological polar surface area (TPSA) is 64.4 Å². The molecule has 5 nitrogen and oxygen atoms in total. The van der Waals surface area contributed by atoms with Crippen molar-refractivity contribution in [2.24, 2.45) is 0 Å². The molecule has 0 saturated heterocycles. The molecule has 0 aliphatic rings. The van der Waals surface area contributed by atoms with E-state index in [9.17, 15) is 10.1 Å². The van der Waals surface area contributed by atoms with E-state index in [0.717, 1.165) is 11.1 Å². The quantitative estimate of drug-likeness (QED) is 0.599. The van der Waals surface area contributed by atoms with Gasteiger partial charge < -0.3 is 10.1 Å². The summed E-state index contributed by atoms with van der Waals surface area (Å²) in [7, 11) is 0. The number of nitrogens with zero attached hydrogens (tertiary/aromatic N) is 1. The molecule has 1 N–H and O–H groups in total. The molecule has 0 saturated carbocycles. The van der Waals surface area contributed by atoms with Gasteiger partial charge >= 0.3 is 0 Å². The average Bonchev–Trinajstić information content (AvgIpc) is 2.54. The molecule has 0 atom stereocenters. The first kappa shape index (κ1) is 16.1. The number of nitro groups is 1. The number of hydrogen-bond acceptors (Lipinski definition) is 4. The molecule has 2 aromatic carbocycles. The maximum absolute atomic E-state index is 11.0. The Labute approximate surface area is 130 Å². The monoisotopic (exact) mass is 300 g/mol. The van der Waals surface area contributed by atoms with Crippen LogP contribution < -0.4 is 5.32 Å². The molecule has 0 aromatic heterocycles. The predicted octanol–water partition coefficient (Wildman–Crippen LogP) is 3.42. The lowest BCUT2D eigenvalue weighted by Gasteiger charge is -2.11. The summed E-state index contributed by atoms with van der Waals surface area (Å²) in [4.78, 5) is 10.6. The molecular weight excluding hydrogens is 280 g/mol. The largest absolute Gasteiger partial charge is 0.377 e. The van der Waals surface area contributed by atoms with Gasteiger partial charge in [-0.15, -0.1) is 0 Å². The van der Waals surface area contributed by atoms with Gasteiger partial charge in [0.2, 0.25) is 0 Å². The van der Waals surface area contributed by atoms with E-state index < -0.39 is 0 Å². The number of nitro benzene ring substituents is 1. The maximum Gasteiger partial charge on any atom is 0.273 e. The van der Waals surface area contributed by atoms with Crippen molar-refractivity contribution >= 4 is 5.69 Å². The summed E-state index contributed by atoms with van der Waals surface area (Å²) >= 11 is 0. The number of nitrogens with one attached hydrogen (secondary N) is 1. The maximum atomic E-state index is 11.0. The molecule has 0 fully saturated rings. The van der Waals surface area contributed by atoms with E-state index in [0.29, 0.717) is 31.9 Å². The Morgan fingerprint density at radius 3 is 2.27 bits per heavy atom. The lowest BCUT2D eigenvalue weighted by atomic mass is 10.1. The third-order valence-electron chi connectivity index (χ3n) is 3.40. The van der Waals surface area contributed by atoms with Gasteiger partial charge in [-0.3, -0.25) is 10.1 Å². The zero-order valence-electron chi connectivity index (χ0n) is 12.6. The van der Waals surface area contributed by atoms with Crippen LogP contribution in [0.1, 0.15) is 23.6 Å². The normalized spacial score (nSPS) is 10.6. The second-order valence-corrected chi connectivity index (χ2v) is 4.90. The highest BCUT2D eigenvalue weighted by Crippen LogP contribution is 2.17. The number of benzene rings is 2. The summed E-state index contributed by atoms with van der Waals surface area (Å²) in [5.41, 5.74) is 3.13. The van der Waals surface area contributed by atoms with Crippen molar-refractivity contribution in [3.05, 3.63) is 75.3 Å². The minimum Gasteiger partial charge on any atom is -0.377 e. The molecular formula is C17H20N2O3. The molecule has 0 bridgehead atoms. The van der Waals surface area contributed by atoms with E-state index in [1.165, 1.54) is 6.07 Å². The van der Waals surface area contributed by atoms with Gasteiger partial charge in [0.05, 0.1) is 11.5 Å². The highest BCUT2D eigenvalue weighted by Gasteiger charge is 2.11. The van der Waals surface area contributed by atoms with Crippen molar-refractivity contribution < 1.29 is 9.66 Å². The van der Waals surface area contributed by atoms with E-state index in [1.807, 2.05) is 37.3 Å². The van der Waals surface area contributed by atoms with Gasteiger partial charge in [0.1, 0.15) is 0 Å². The van der Waals surface area contributed by atoms with Gasteiger partial charge in [-0.1, -0.05) is 42.5 Å². The van der Waals surface area contributed by atoms with E-state index >= 15 is 0 Å². The molecule has 0 aliphatic heterocycles. The lowest BCUT2D eigenvalue weighted by Crippen LogP contribution is -2.15. The third-order valence-corrected chi connectivity index (χ3v) is 3.40. The summed E-state index contributed by atoms with van der Waals surface area (Å²) in [6.07, 6.45) is 0. The SMILES string of the molecule is CCOCc1ccccc1CNCc1ccccc1[N+](=O)[O-]. The Hall–Kier alpha value is -2.24. The minimum absolute atomic E-state index is 0.151. The van der Waals surface area contributed by atoms with E-state index in [4.69, 9.17) is 4.74 Å². The zero-order chi connectivity index (χ0) is 15.8. The first-order chi connectivity index (χ1) is 10.7. The molecule has 0 aliphatic carbocycles. The summed E-state index contributed by atoms with van der Waals surface area (Å²) in [5, 5.41) is 14.3. The first-order valence-electron chi connectivity index (χ1n) is 7.30. The van der Waals surface area contributed by atoms with E-state index in [1.54, 1.807) is 12.1 Å². The predicted molar refractivity (Wildman–Crippen MR) is 85.4 cm³/mol. The Balaban J connectivity index is 1.98. The second-order valence-electron chi connectivity index (χ2n) is 4.90. The highest BCUT2D eigenvalue weighted by molar-refractivity contribution is 5.39. The number of rotatable bonds is 8. The van der Waals surface area contributed by atoms with Gasteiger partial charge in [0.15, 0.2) is 0 Å². The standard InChI is InChI=1S/C17H20N2O3/c1-2-22-13-16-9-4-3-7-14(16)11-18-12-15-8-5-6-10-17(15)19(20)21/h3-10,18H,2,11-13H2,1H3. The number of ether oxygens (including phenoxy) is 1. The molecule has 0 spiro atoms. The summed E-state index contributed by atoms with van der Waals surface area (Å²) < 4.78 is 5.46. The fraction of sp³-hybridized carbons (Fsp3) is 0.294. The van der Waals surface area contributed by atoms with Gasteiger partial charge in [-0.25, -0.2) is 0 Å². The van der Waals surface area contributed by atoms with Crippen molar-refractivity contribution in [1.29, 1.82) is 0 Å². The van der Waals surface area contributed by atoms with Crippen LogP contribution in [0.5, 0.6) is 0 Å². The van der Waals surface area contributed by atoms with Crippen LogP contribution in [-0.4, -0.2) is 11.5 Å². The van der Waals surface area contributed by atoms with Gasteiger partial charge in [0, 0.05) is 31.3 Å². The van der Waals surface area contributed by atoms with Crippen LogP contribution in [0.25, 0.3) is 0 Å². The summed E-state index contributed by atoms with van der Waals surface area (Å²) in [6.45, 7) is 4.34. The van der Waals surface area contributed by atoms with Crippen LogP contribution in [0.3, 0.4) is 0 Å². The Kier molecular flexibility index (Phi) is 6.06. The van der Waals surface area contributed by atoms with Crippen LogP contribution in [0.4, 0.5) is 5.69 Å². The molecule has 2 rings (SSSR count). The Morgan fingerprint density at radius 2 is 1.59 bits per heavy atom. The van der Waals surface area contributed by atoms with Crippen molar-refractivity contribution in [1.82, 2.24) is 5.32 Å². The fourth-order valence-electron chi connectivity index (χ4n) is 2.25. The van der Waals surface area contributed by atoms with Crippen molar-refractivity contribution in [3.63, 3.8) is 0 Å². The lowest BCUT2D eigenvalue weighted by molar-refractivity contribution is -0.385. The van der Waals surface area contributed by atoms with Crippen LogP contribution in [-0.2, 0) is 24.4 Å². The van der Waals surface area contributed by atoms with E-state index in [2.05, 4.69) is 5.32 Å². The zero-order valence-corrected chi connectivity index (χ0v) is 12.6. The second kappa shape index (κ2) is 8.26. The molecule has 116 valence electrons. The van der Waals surface area contributed by atoms with Crippen LogP contribution in [0.2, 0.25) is 0 Å². The Bertz CT molecular complexity index is 629. The van der Waals surface area contributed by atoms with E-state index in [-0.39, 0.29) is 10.6 Å². The molecule has 22 heavy (non-hydrogen) atoms. The van der Waals surface area contributed by atoms with Crippen LogP contribution in [0, 0.1) is 10.1 Å². The average molecular weight is 300 g/mol. The Morgan fingerprint density at radius 1 is 1.00 bits per heavy atom. The smallest absolute Gasteiger partial charge is 0.273 e. The molecule has 0 unspecified atom stereocenters. The van der Waals surface area contributed by atoms with Gasteiger partial charge in [-0.05, 0) is 18.1 Å². The van der Waals surface area contributed by atoms with Crippen LogP contribution >= 0.6 is 0 Å². The highest BCUT2D eigenvalue weighted by atomic mass is 16.6. The molecule has 0 radical (unpaired) electrons. The number of para-hydroxylation sites is 1. The minimum atomic E-state index is -0.347. The summed E-state index contributed by atoms with van der Waals surface area (Å²) in [6, 6.07) is 14.8. The van der Waals surface area contributed by atoms with Gasteiger partial charge in [0.25, 0.3) is 5.69 Å². The van der Waals surface area contributed by atoms with Crippen molar-refractivity contribution in [2.75, 3.05) is 6.61 Å². The molecule has 2 aromatic rings. The molecule has 0 heterocycles. The fourth-order valence-corrected chi connectivity index (χ4v) is 2.25. The third kappa shape index (κ3) is 4.38. The number of hydrogen-bond donors (Lipinski definition) is 1. The molecule has 5 heteroatoms. The first-order valence-corrected chi connectivity index (χ1v) is 7.30. The van der Waals surface area contributed by atoms with Gasteiger partial charge in [-0.2, -0.15) is 0 Å².